The molecule has 0 aromatic heterocycles. The summed E-state index contributed by atoms with van der Waals surface area (Å²) in [4.78, 5) is 0. The van der Waals surface area contributed by atoms with E-state index < -0.39 is 11.6 Å². The Kier molecular flexibility index (Phi) is 9.03. The molecule has 186 valence electrons. The summed E-state index contributed by atoms with van der Waals surface area (Å²) in [7, 11) is 0. The third-order valence-electron chi connectivity index (χ3n) is 8.55. The quantitative estimate of drug-likeness (QED) is 0.333. The second-order valence-electron chi connectivity index (χ2n) is 11.0. The molecular formula is C31H42F2O. The number of benzene rings is 2. The standard InChI is InChI=1S/C31H42F2O/c1-3-23-9-11-24(12-10-23)6-4-5-21-34-27-17-15-26(16-18-27)29-20-19-28(30(32)31(29)33)25-13-7-22(2)8-14-25/h15-20,22-25H,3-14,21H2,1-2H3. The fourth-order valence-electron chi connectivity index (χ4n) is 6.06. The molecular weight excluding hydrogens is 426 g/mol. The summed E-state index contributed by atoms with van der Waals surface area (Å²) in [5.41, 5.74) is 1.57. The Morgan fingerprint density at radius 3 is 2.12 bits per heavy atom. The van der Waals surface area contributed by atoms with E-state index in [0.717, 1.165) is 49.7 Å². The van der Waals surface area contributed by atoms with Crippen LogP contribution in [0.3, 0.4) is 0 Å². The molecule has 0 amide bonds. The number of hydrogen-bond acceptors (Lipinski definition) is 1. The summed E-state index contributed by atoms with van der Waals surface area (Å²) >= 11 is 0. The molecule has 3 heteroatoms. The van der Waals surface area contributed by atoms with Crippen LogP contribution < -0.4 is 4.74 Å². The van der Waals surface area contributed by atoms with E-state index in [1.54, 1.807) is 12.1 Å². The van der Waals surface area contributed by atoms with Gasteiger partial charge in [0.2, 0.25) is 0 Å². The minimum Gasteiger partial charge on any atom is -0.494 e. The largest absolute Gasteiger partial charge is 0.494 e. The molecule has 0 heterocycles. The molecule has 0 N–H and O–H groups in total. The van der Waals surface area contributed by atoms with E-state index in [1.807, 2.05) is 24.3 Å². The second kappa shape index (κ2) is 12.2. The third kappa shape index (κ3) is 6.40. The lowest BCUT2D eigenvalue weighted by Gasteiger charge is -2.27. The molecule has 2 saturated carbocycles. The molecule has 0 radical (unpaired) electrons. The molecule has 2 fully saturated rings. The number of ether oxygens (including phenoxy) is 1. The molecule has 0 aliphatic heterocycles. The Bertz CT molecular complexity index is 890. The van der Waals surface area contributed by atoms with E-state index in [1.165, 1.54) is 44.9 Å². The molecule has 34 heavy (non-hydrogen) atoms. The fraction of sp³-hybridized carbons (Fsp3) is 0.613. The van der Waals surface area contributed by atoms with Gasteiger partial charge in [-0.2, -0.15) is 0 Å². The molecule has 0 unspecified atom stereocenters. The highest BCUT2D eigenvalue weighted by Crippen LogP contribution is 2.39. The molecule has 2 aromatic rings. The van der Waals surface area contributed by atoms with Gasteiger partial charge in [0, 0.05) is 5.56 Å². The minimum atomic E-state index is -0.724. The van der Waals surface area contributed by atoms with Gasteiger partial charge in [-0.1, -0.05) is 89.5 Å². The van der Waals surface area contributed by atoms with Crippen LogP contribution in [0.15, 0.2) is 36.4 Å². The predicted molar refractivity (Wildman–Crippen MR) is 137 cm³/mol. The van der Waals surface area contributed by atoms with Gasteiger partial charge in [-0.05, 0) is 72.6 Å². The normalized spacial score (nSPS) is 25.3. The van der Waals surface area contributed by atoms with Gasteiger partial charge < -0.3 is 4.74 Å². The smallest absolute Gasteiger partial charge is 0.166 e. The van der Waals surface area contributed by atoms with Crippen molar-refractivity contribution < 1.29 is 13.5 Å². The molecule has 0 saturated heterocycles. The first-order valence-corrected chi connectivity index (χ1v) is 13.8. The van der Waals surface area contributed by atoms with E-state index in [2.05, 4.69) is 13.8 Å². The van der Waals surface area contributed by atoms with Crippen molar-refractivity contribution in [3.05, 3.63) is 53.6 Å². The van der Waals surface area contributed by atoms with Crippen molar-refractivity contribution >= 4 is 0 Å². The number of halogens is 2. The molecule has 4 rings (SSSR count). The Morgan fingerprint density at radius 1 is 0.765 bits per heavy atom. The lowest BCUT2D eigenvalue weighted by molar-refractivity contribution is 0.244. The summed E-state index contributed by atoms with van der Waals surface area (Å²) in [6.45, 7) is 5.27. The van der Waals surface area contributed by atoms with Gasteiger partial charge in [-0.25, -0.2) is 8.78 Å². The van der Waals surface area contributed by atoms with Crippen LogP contribution in [0, 0.1) is 29.4 Å². The number of unbranched alkanes of at least 4 members (excludes halogenated alkanes) is 1. The molecule has 1 nitrogen and oxygen atoms in total. The van der Waals surface area contributed by atoms with Gasteiger partial charge >= 0.3 is 0 Å². The highest BCUT2D eigenvalue weighted by molar-refractivity contribution is 5.65. The van der Waals surface area contributed by atoms with Crippen molar-refractivity contribution in [3.8, 4) is 16.9 Å². The van der Waals surface area contributed by atoms with Crippen LogP contribution in [-0.4, -0.2) is 6.61 Å². The van der Waals surface area contributed by atoms with Crippen LogP contribution in [0.2, 0.25) is 0 Å². The van der Waals surface area contributed by atoms with Crippen LogP contribution in [0.4, 0.5) is 8.78 Å². The number of rotatable bonds is 9. The van der Waals surface area contributed by atoms with Gasteiger partial charge in [-0.15, -0.1) is 0 Å². The van der Waals surface area contributed by atoms with Crippen LogP contribution in [0.25, 0.3) is 11.1 Å². The van der Waals surface area contributed by atoms with Crippen LogP contribution in [-0.2, 0) is 0 Å². The molecule has 0 spiro atoms. The summed E-state index contributed by atoms with van der Waals surface area (Å²) < 4.78 is 35.8. The van der Waals surface area contributed by atoms with Crippen molar-refractivity contribution in [1.29, 1.82) is 0 Å². The summed E-state index contributed by atoms with van der Waals surface area (Å²) in [5.74, 6) is 2.10. The fourth-order valence-corrected chi connectivity index (χ4v) is 6.06. The van der Waals surface area contributed by atoms with Crippen molar-refractivity contribution in [2.45, 2.75) is 96.8 Å². The van der Waals surface area contributed by atoms with Crippen molar-refractivity contribution in [3.63, 3.8) is 0 Å². The maximum Gasteiger partial charge on any atom is 0.166 e. The van der Waals surface area contributed by atoms with E-state index in [4.69, 9.17) is 4.74 Å². The first-order chi connectivity index (χ1) is 16.5. The first kappa shape index (κ1) is 25.2. The molecule has 2 aliphatic rings. The van der Waals surface area contributed by atoms with Crippen molar-refractivity contribution in [1.82, 2.24) is 0 Å². The zero-order chi connectivity index (χ0) is 23.9. The SMILES string of the molecule is CCC1CCC(CCCCOc2ccc(-c3ccc(C4CCC(C)CC4)c(F)c3F)cc2)CC1. The van der Waals surface area contributed by atoms with Crippen LogP contribution in [0.5, 0.6) is 5.75 Å². The van der Waals surface area contributed by atoms with Gasteiger partial charge in [-0.3, -0.25) is 0 Å². The average molecular weight is 469 g/mol. The molecule has 0 atom stereocenters. The van der Waals surface area contributed by atoms with E-state index in [9.17, 15) is 8.78 Å². The lowest BCUT2D eigenvalue weighted by Crippen LogP contribution is -2.14. The summed E-state index contributed by atoms with van der Waals surface area (Å²) in [6, 6.07) is 11.0. The zero-order valence-electron chi connectivity index (χ0n) is 21.1. The highest BCUT2D eigenvalue weighted by atomic mass is 19.2. The topological polar surface area (TPSA) is 9.23 Å². The van der Waals surface area contributed by atoms with Gasteiger partial charge in [0.1, 0.15) is 5.75 Å². The number of hydrogen-bond donors (Lipinski definition) is 0. The summed E-state index contributed by atoms with van der Waals surface area (Å²) in [6.07, 6.45) is 14.7. The highest BCUT2D eigenvalue weighted by Gasteiger charge is 2.25. The van der Waals surface area contributed by atoms with E-state index in [0.29, 0.717) is 29.2 Å². The first-order valence-electron chi connectivity index (χ1n) is 13.8. The summed E-state index contributed by atoms with van der Waals surface area (Å²) in [5, 5.41) is 0. The van der Waals surface area contributed by atoms with Gasteiger partial charge in [0.15, 0.2) is 11.6 Å². The molecule has 2 aliphatic carbocycles. The second-order valence-corrected chi connectivity index (χ2v) is 11.0. The Labute approximate surface area is 205 Å². The Morgan fingerprint density at radius 2 is 1.44 bits per heavy atom. The Balaban J connectivity index is 1.25. The van der Waals surface area contributed by atoms with Gasteiger partial charge in [0.25, 0.3) is 0 Å². The van der Waals surface area contributed by atoms with E-state index >= 15 is 0 Å². The monoisotopic (exact) mass is 468 g/mol. The van der Waals surface area contributed by atoms with Crippen molar-refractivity contribution in [2.24, 2.45) is 17.8 Å². The minimum absolute atomic E-state index is 0.141. The van der Waals surface area contributed by atoms with Gasteiger partial charge in [0.05, 0.1) is 6.61 Å². The zero-order valence-corrected chi connectivity index (χ0v) is 21.1. The van der Waals surface area contributed by atoms with Crippen LogP contribution >= 0.6 is 0 Å². The Hall–Kier alpha value is -1.90. The predicted octanol–water partition coefficient (Wildman–Crippen LogP) is 9.69. The average Bonchev–Trinajstić information content (AvgIpc) is 2.87. The maximum atomic E-state index is 15.0. The van der Waals surface area contributed by atoms with E-state index in [-0.39, 0.29) is 5.92 Å². The van der Waals surface area contributed by atoms with Crippen LogP contribution in [0.1, 0.15) is 102 Å². The molecule has 0 bridgehead atoms. The maximum absolute atomic E-state index is 15.0. The lowest BCUT2D eigenvalue weighted by atomic mass is 9.79. The molecule has 2 aromatic carbocycles. The third-order valence-corrected chi connectivity index (χ3v) is 8.55. The van der Waals surface area contributed by atoms with Crippen molar-refractivity contribution in [2.75, 3.05) is 6.61 Å².